The van der Waals surface area contributed by atoms with Crippen LogP contribution in [0.25, 0.3) is 0 Å². The van der Waals surface area contributed by atoms with Gasteiger partial charge in [-0.1, -0.05) is 6.07 Å². The Kier molecular flexibility index (Phi) is 2.48. The van der Waals surface area contributed by atoms with E-state index in [2.05, 4.69) is 16.4 Å². The average molecular weight is 216 g/mol. The van der Waals surface area contributed by atoms with Gasteiger partial charge in [-0.25, -0.2) is 0 Å². The monoisotopic (exact) mass is 216 g/mol. The molecule has 0 aromatic carbocycles. The van der Waals surface area contributed by atoms with Gasteiger partial charge in [-0.3, -0.25) is 9.78 Å². The van der Waals surface area contributed by atoms with E-state index in [-0.39, 0.29) is 5.92 Å². The maximum atomic E-state index is 12.1. The fourth-order valence-corrected chi connectivity index (χ4v) is 2.65. The smallest absolute Gasteiger partial charge is 0.142 e. The van der Waals surface area contributed by atoms with Gasteiger partial charge in [0.25, 0.3) is 0 Å². The molecule has 0 amide bonds. The summed E-state index contributed by atoms with van der Waals surface area (Å²) in [5.41, 5.74) is 2.31. The summed E-state index contributed by atoms with van der Waals surface area (Å²) in [7, 11) is 0. The van der Waals surface area contributed by atoms with Gasteiger partial charge in [0.1, 0.15) is 5.78 Å². The molecule has 84 valence electrons. The van der Waals surface area contributed by atoms with E-state index >= 15 is 0 Å². The highest BCUT2D eigenvalue weighted by molar-refractivity contribution is 5.86. The van der Waals surface area contributed by atoms with Crippen molar-refractivity contribution >= 4 is 5.78 Å². The van der Waals surface area contributed by atoms with Gasteiger partial charge >= 0.3 is 0 Å². The maximum absolute atomic E-state index is 12.1. The van der Waals surface area contributed by atoms with Crippen LogP contribution in [-0.2, 0) is 11.2 Å². The van der Waals surface area contributed by atoms with Crippen LogP contribution in [0.1, 0.15) is 30.0 Å². The van der Waals surface area contributed by atoms with Crippen molar-refractivity contribution in [1.82, 2.24) is 10.3 Å². The van der Waals surface area contributed by atoms with Gasteiger partial charge in [-0.15, -0.1) is 0 Å². The number of rotatable bonds is 3. The summed E-state index contributed by atoms with van der Waals surface area (Å²) in [5, 5.41) is 3.21. The zero-order chi connectivity index (χ0) is 11.0. The molecular formula is C13H16N2O. The van der Waals surface area contributed by atoms with Gasteiger partial charge in [-0.05, 0) is 43.5 Å². The number of aromatic nitrogens is 1. The predicted octanol–water partition coefficient (Wildman–Crippen LogP) is 1.29. The third kappa shape index (κ3) is 1.65. The number of nitrogens with one attached hydrogen (secondary N) is 1. The summed E-state index contributed by atoms with van der Waals surface area (Å²) < 4.78 is 0. The third-order valence-corrected chi connectivity index (χ3v) is 3.70. The lowest BCUT2D eigenvalue weighted by Crippen LogP contribution is -2.43. The standard InChI is InChI=1S/C13H16N2O/c16-12(6-9-7-14-8-9)11-4-3-10-2-1-5-15-13(10)11/h1-2,5,9,11,14H,3-4,6-8H2. The molecule has 0 spiro atoms. The van der Waals surface area contributed by atoms with Gasteiger partial charge in [0.2, 0.25) is 0 Å². The molecule has 0 saturated carbocycles. The van der Waals surface area contributed by atoms with Crippen LogP contribution in [0.2, 0.25) is 0 Å². The molecule has 1 aromatic heterocycles. The summed E-state index contributed by atoms with van der Waals surface area (Å²) in [4.78, 5) is 16.5. The summed E-state index contributed by atoms with van der Waals surface area (Å²) in [6.07, 6.45) is 4.51. The lowest BCUT2D eigenvalue weighted by Gasteiger charge is -2.27. The van der Waals surface area contributed by atoms with Crippen LogP contribution >= 0.6 is 0 Å². The Morgan fingerprint density at radius 2 is 2.38 bits per heavy atom. The normalized spacial score (nSPS) is 23.9. The van der Waals surface area contributed by atoms with Crippen molar-refractivity contribution in [3.8, 4) is 0 Å². The molecule has 1 N–H and O–H groups in total. The lowest BCUT2D eigenvalue weighted by atomic mass is 9.89. The van der Waals surface area contributed by atoms with Crippen molar-refractivity contribution in [3.63, 3.8) is 0 Å². The highest BCUT2D eigenvalue weighted by Crippen LogP contribution is 2.33. The maximum Gasteiger partial charge on any atom is 0.142 e. The summed E-state index contributed by atoms with van der Waals surface area (Å²) >= 11 is 0. The fraction of sp³-hybridized carbons (Fsp3) is 0.538. The number of Topliss-reactive ketones (excluding diaryl/α,β-unsaturated/α-hetero) is 1. The van der Waals surface area contributed by atoms with Gasteiger partial charge in [0.05, 0.1) is 11.6 Å². The van der Waals surface area contributed by atoms with Crippen LogP contribution in [0.5, 0.6) is 0 Å². The van der Waals surface area contributed by atoms with E-state index in [0.29, 0.717) is 11.7 Å². The second-order valence-electron chi connectivity index (χ2n) is 4.83. The number of ketones is 1. The minimum atomic E-state index is 0.0804. The van der Waals surface area contributed by atoms with Crippen molar-refractivity contribution in [1.29, 1.82) is 0 Å². The molecule has 1 saturated heterocycles. The van der Waals surface area contributed by atoms with E-state index in [0.717, 1.165) is 38.0 Å². The molecule has 3 rings (SSSR count). The zero-order valence-electron chi connectivity index (χ0n) is 9.28. The van der Waals surface area contributed by atoms with Crippen molar-refractivity contribution in [2.24, 2.45) is 5.92 Å². The highest BCUT2D eigenvalue weighted by atomic mass is 16.1. The van der Waals surface area contributed by atoms with E-state index in [4.69, 9.17) is 0 Å². The topological polar surface area (TPSA) is 42.0 Å². The zero-order valence-corrected chi connectivity index (χ0v) is 9.28. The van der Waals surface area contributed by atoms with Gasteiger partial charge in [-0.2, -0.15) is 0 Å². The Labute approximate surface area is 95.3 Å². The number of nitrogens with zero attached hydrogens (tertiary/aromatic N) is 1. The summed E-state index contributed by atoms with van der Waals surface area (Å²) in [6.45, 7) is 2.01. The number of aryl methyl sites for hydroxylation is 1. The Morgan fingerprint density at radius 3 is 3.12 bits per heavy atom. The SMILES string of the molecule is O=C(CC1CNC1)C1CCc2cccnc21. The molecule has 16 heavy (non-hydrogen) atoms. The van der Waals surface area contributed by atoms with Crippen molar-refractivity contribution < 1.29 is 4.79 Å². The van der Waals surface area contributed by atoms with Crippen molar-refractivity contribution in [3.05, 3.63) is 29.6 Å². The quantitative estimate of drug-likeness (QED) is 0.828. The largest absolute Gasteiger partial charge is 0.316 e. The Bertz CT molecular complexity index is 412. The van der Waals surface area contributed by atoms with Crippen LogP contribution < -0.4 is 5.32 Å². The first-order valence-corrected chi connectivity index (χ1v) is 6.02. The van der Waals surface area contributed by atoms with Crippen LogP contribution in [0, 0.1) is 5.92 Å². The number of hydrogen-bond acceptors (Lipinski definition) is 3. The van der Waals surface area contributed by atoms with E-state index < -0.39 is 0 Å². The van der Waals surface area contributed by atoms with Gasteiger partial charge in [0.15, 0.2) is 0 Å². The molecule has 3 heteroatoms. The number of carbonyl (C=O) groups excluding carboxylic acids is 1. The summed E-state index contributed by atoms with van der Waals surface area (Å²) in [5.74, 6) is 1.04. The number of carbonyl (C=O) groups is 1. The number of pyridine rings is 1. The van der Waals surface area contributed by atoms with Gasteiger partial charge in [0, 0.05) is 12.6 Å². The Hall–Kier alpha value is -1.22. The highest BCUT2D eigenvalue weighted by Gasteiger charge is 2.31. The lowest BCUT2D eigenvalue weighted by molar-refractivity contribution is -0.121. The number of hydrogen-bond donors (Lipinski definition) is 1. The Morgan fingerprint density at radius 1 is 1.50 bits per heavy atom. The Balaban J connectivity index is 1.73. The summed E-state index contributed by atoms with van der Waals surface area (Å²) in [6, 6.07) is 4.06. The van der Waals surface area contributed by atoms with Crippen LogP contribution in [-0.4, -0.2) is 23.9 Å². The van der Waals surface area contributed by atoms with Gasteiger partial charge < -0.3 is 5.32 Å². The number of fused-ring (bicyclic) bond motifs is 1. The molecule has 2 heterocycles. The molecule has 0 radical (unpaired) electrons. The van der Waals surface area contributed by atoms with E-state index in [1.807, 2.05) is 6.07 Å². The second-order valence-corrected chi connectivity index (χ2v) is 4.83. The minimum Gasteiger partial charge on any atom is -0.316 e. The average Bonchev–Trinajstić information content (AvgIpc) is 2.67. The molecular weight excluding hydrogens is 200 g/mol. The predicted molar refractivity (Wildman–Crippen MR) is 61.3 cm³/mol. The first kappa shape index (κ1) is 9.97. The van der Waals surface area contributed by atoms with E-state index in [1.165, 1.54) is 5.56 Å². The molecule has 0 bridgehead atoms. The molecule has 1 fully saturated rings. The molecule has 1 aliphatic carbocycles. The van der Waals surface area contributed by atoms with Crippen LogP contribution in [0.4, 0.5) is 0 Å². The van der Waals surface area contributed by atoms with Crippen LogP contribution in [0.3, 0.4) is 0 Å². The molecule has 1 aliphatic heterocycles. The van der Waals surface area contributed by atoms with E-state index in [9.17, 15) is 4.79 Å². The molecule has 2 aliphatic rings. The van der Waals surface area contributed by atoms with Crippen molar-refractivity contribution in [2.45, 2.75) is 25.2 Å². The molecule has 1 unspecified atom stereocenters. The first-order valence-electron chi connectivity index (χ1n) is 6.02. The van der Waals surface area contributed by atoms with E-state index in [1.54, 1.807) is 6.20 Å². The third-order valence-electron chi connectivity index (χ3n) is 3.70. The molecule has 1 aromatic rings. The van der Waals surface area contributed by atoms with Crippen LogP contribution in [0.15, 0.2) is 18.3 Å². The second kappa shape index (κ2) is 3.98. The minimum absolute atomic E-state index is 0.0804. The molecule has 3 nitrogen and oxygen atoms in total. The fourth-order valence-electron chi connectivity index (χ4n) is 2.65. The first-order chi connectivity index (χ1) is 7.84. The van der Waals surface area contributed by atoms with Crippen molar-refractivity contribution in [2.75, 3.05) is 13.1 Å². The molecule has 1 atom stereocenters.